The number of carboxylic acid groups (broad SMARTS) is 1. The molecule has 6 nitrogen and oxygen atoms in total. The Bertz CT molecular complexity index is 453. The minimum atomic E-state index is -0.749. The summed E-state index contributed by atoms with van der Waals surface area (Å²) >= 11 is 0. The number of ether oxygens (including phenoxy) is 1. The van der Waals surface area contributed by atoms with Crippen LogP contribution in [0.1, 0.15) is 39.0 Å². The monoisotopic (exact) mass is 279 g/mol. The number of hydrogen-bond donors (Lipinski definition) is 2. The molecular formula is C14H21N3O3. The Hall–Kier alpha value is -1.85. The Morgan fingerprint density at radius 1 is 1.50 bits per heavy atom. The predicted octanol–water partition coefficient (Wildman–Crippen LogP) is 2.32. The van der Waals surface area contributed by atoms with Gasteiger partial charge in [-0.05, 0) is 19.3 Å². The smallest absolute Gasteiger partial charge is 0.308 e. The van der Waals surface area contributed by atoms with Gasteiger partial charge in [0.25, 0.3) is 0 Å². The Kier molecular flexibility index (Phi) is 5.15. The maximum Gasteiger partial charge on any atom is 0.308 e. The lowest BCUT2D eigenvalue weighted by Gasteiger charge is -2.29. The van der Waals surface area contributed by atoms with Crippen LogP contribution in [0.4, 0.5) is 5.95 Å². The number of aromatic nitrogens is 2. The van der Waals surface area contributed by atoms with E-state index in [0.717, 1.165) is 25.7 Å². The highest BCUT2D eigenvalue weighted by Gasteiger charge is 2.31. The second-order valence-electron chi connectivity index (χ2n) is 5.05. The standard InChI is InChI=1S/C14H21N3O3/c1-2-9-20-12-7-8-15-14(17-12)16-11-6-4-3-5-10(11)13(18)19/h7-8,10-11H,2-6,9H2,1H3,(H,18,19)(H,15,16,17). The van der Waals surface area contributed by atoms with E-state index in [-0.39, 0.29) is 12.0 Å². The number of nitrogens with zero attached hydrogens (tertiary/aromatic N) is 2. The van der Waals surface area contributed by atoms with E-state index in [1.807, 2.05) is 6.92 Å². The Morgan fingerprint density at radius 3 is 3.05 bits per heavy atom. The van der Waals surface area contributed by atoms with Gasteiger partial charge in [-0.2, -0.15) is 4.98 Å². The molecule has 2 rings (SSSR count). The van der Waals surface area contributed by atoms with Crippen LogP contribution in [0.15, 0.2) is 12.3 Å². The third-order valence-corrected chi connectivity index (χ3v) is 3.48. The molecule has 1 fully saturated rings. The molecule has 6 heteroatoms. The van der Waals surface area contributed by atoms with E-state index in [4.69, 9.17) is 4.74 Å². The first-order chi connectivity index (χ1) is 9.70. The average molecular weight is 279 g/mol. The molecule has 1 aliphatic rings. The van der Waals surface area contributed by atoms with Crippen molar-refractivity contribution < 1.29 is 14.6 Å². The zero-order valence-corrected chi connectivity index (χ0v) is 11.7. The lowest BCUT2D eigenvalue weighted by molar-refractivity contribution is -0.143. The Balaban J connectivity index is 2.02. The predicted molar refractivity (Wildman–Crippen MR) is 74.8 cm³/mol. The molecule has 20 heavy (non-hydrogen) atoms. The molecule has 0 aliphatic heterocycles. The van der Waals surface area contributed by atoms with Crippen LogP contribution in [0.5, 0.6) is 5.88 Å². The van der Waals surface area contributed by atoms with E-state index in [0.29, 0.717) is 24.9 Å². The highest BCUT2D eigenvalue weighted by Crippen LogP contribution is 2.27. The molecule has 0 saturated heterocycles. The van der Waals surface area contributed by atoms with Gasteiger partial charge in [-0.3, -0.25) is 4.79 Å². The van der Waals surface area contributed by atoms with Crippen LogP contribution in [0, 0.1) is 5.92 Å². The summed E-state index contributed by atoms with van der Waals surface area (Å²) in [5.74, 6) is -0.156. The highest BCUT2D eigenvalue weighted by atomic mass is 16.5. The molecule has 0 bridgehead atoms. The fourth-order valence-corrected chi connectivity index (χ4v) is 2.46. The van der Waals surface area contributed by atoms with Crippen molar-refractivity contribution in [2.24, 2.45) is 5.92 Å². The van der Waals surface area contributed by atoms with Gasteiger partial charge >= 0.3 is 5.97 Å². The van der Waals surface area contributed by atoms with Crippen molar-refractivity contribution >= 4 is 11.9 Å². The van der Waals surface area contributed by atoms with E-state index < -0.39 is 5.97 Å². The van der Waals surface area contributed by atoms with E-state index in [1.54, 1.807) is 12.3 Å². The topological polar surface area (TPSA) is 84.3 Å². The molecule has 2 unspecified atom stereocenters. The summed E-state index contributed by atoms with van der Waals surface area (Å²) in [6.07, 6.45) is 6.08. The minimum Gasteiger partial charge on any atom is -0.481 e. The summed E-state index contributed by atoms with van der Waals surface area (Å²) < 4.78 is 5.45. The fraction of sp³-hybridized carbons (Fsp3) is 0.643. The number of nitrogens with one attached hydrogen (secondary N) is 1. The lowest BCUT2D eigenvalue weighted by Crippen LogP contribution is -2.37. The first-order valence-corrected chi connectivity index (χ1v) is 7.16. The quantitative estimate of drug-likeness (QED) is 0.831. The molecule has 0 radical (unpaired) electrons. The summed E-state index contributed by atoms with van der Waals surface area (Å²) in [7, 11) is 0. The van der Waals surface area contributed by atoms with Gasteiger partial charge in [-0.15, -0.1) is 0 Å². The molecule has 110 valence electrons. The van der Waals surface area contributed by atoms with Crippen molar-refractivity contribution in [3.05, 3.63) is 12.3 Å². The van der Waals surface area contributed by atoms with E-state index >= 15 is 0 Å². The second-order valence-corrected chi connectivity index (χ2v) is 5.05. The summed E-state index contributed by atoms with van der Waals surface area (Å²) in [6.45, 7) is 2.64. The Labute approximate surface area is 118 Å². The molecule has 2 atom stereocenters. The summed E-state index contributed by atoms with van der Waals surface area (Å²) in [6, 6.07) is 1.60. The van der Waals surface area contributed by atoms with Crippen LogP contribution in [-0.4, -0.2) is 33.7 Å². The summed E-state index contributed by atoms with van der Waals surface area (Å²) in [5, 5.41) is 12.4. The van der Waals surface area contributed by atoms with Gasteiger partial charge in [-0.1, -0.05) is 19.8 Å². The molecule has 1 aliphatic carbocycles. The van der Waals surface area contributed by atoms with Crippen LogP contribution < -0.4 is 10.1 Å². The second kappa shape index (κ2) is 7.07. The third-order valence-electron chi connectivity index (χ3n) is 3.48. The van der Waals surface area contributed by atoms with Gasteiger partial charge in [-0.25, -0.2) is 4.98 Å². The SMILES string of the molecule is CCCOc1ccnc(NC2CCCCC2C(=O)O)n1. The minimum absolute atomic E-state index is 0.109. The van der Waals surface area contributed by atoms with Crippen LogP contribution in [0.25, 0.3) is 0 Å². The normalized spacial score (nSPS) is 22.2. The van der Waals surface area contributed by atoms with E-state index in [1.165, 1.54) is 0 Å². The van der Waals surface area contributed by atoms with Crippen molar-refractivity contribution in [2.45, 2.75) is 45.1 Å². The molecule has 1 saturated carbocycles. The van der Waals surface area contributed by atoms with Gasteiger partial charge in [0, 0.05) is 18.3 Å². The van der Waals surface area contributed by atoms with Gasteiger partial charge < -0.3 is 15.2 Å². The van der Waals surface area contributed by atoms with Crippen molar-refractivity contribution in [3.63, 3.8) is 0 Å². The van der Waals surface area contributed by atoms with Crippen molar-refractivity contribution in [1.29, 1.82) is 0 Å². The van der Waals surface area contributed by atoms with Gasteiger partial charge in [0.1, 0.15) is 0 Å². The fourth-order valence-electron chi connectivity index (χ4n) is 2.46. The number of carboxylic acids is 1. The van der Waals surface area contributed by atoms with Gasteiger partial charge in [0.05, 0.1) is 12.5 Å². The molecule has 1 heterocycles. The van der Waals surface area contributed by atoms with Crippen LogP contribution >= 0.6 is 0 Å². The van der Waals surface area contributed by atoms with Crippen molar-refractivity contribution in [3.8, 4) is 5.88 Å². The summed E-state index contributed by atoms with van der Waals surface area (Å²) in [4.78, 5) is 19.7. The van der Waals surface area contributed by atoms with Crippen molar-refractivity contribution in [1.82, 2.24) is 9.97 Å². The lowest BCUT2D eigenvalue weighted by atomic mass is 9.84. The number of aliphatic carboxylic acids is 1. The molecule has 0 amide bonds. The zero-order chi connectivity index (χ0) is 14.4. The number of hydrogen-bond acceptors (Lipinski definition) is 5. The van der Waals surface area contributed by atoms with Gasteiger partial charge in [0.15, 0.2) is 0 Å². The van der Waals surface area contributed by atoms with Crippen molar-refractivity contribution in [2.75, 3.05) is 11.9 Å². The van der Waals surface area contributed by atoms with E-state index in [9.17, 15) is 9.90 Å². The van der Waals surface area contributed by atoms with Gasteiger partial charge in [0.2, 0.25) is 11.8 Å². The molecule has 1 aromatic heterocycles. The Morgan fingerprint density at radius 2 is 2.30 bits per heavy atom. The number of anilines is 1. The molecule has 2 N–H and O–H groups in total. The molecule has 0 spiro atoms. The molecule has 0 aromatic carbocycles. The van der Waals surface area contributed by atoms with Crippen LogP contribution in [0.3, 0.4) is 0 Å². The van der Waals surface area contributed by atoms with Crippen LogP contribution in [-0.2, 0) is 4.79 Å². The zero-order valence-electron chi connectivity index (χ0n) is 11.7. The summed E-state index contributed by atoms with van der Waals surface area (Å²) in [5.41, 5.74) is 0. The average Bonchev–Trinajstić information content (AvgIpc) is 2.46. The van der Waals surface area contributed by atoms with E-state index in [2.05, 4.69) is 15.3 Å². The molecule has 1 aromatic rings. The maximum absolute atomic E-state index is 11.3. The largest absolute Gasteiger partial charge is 0.481 e. The number of carbonyl (C=O) groups is 1. The third kappa shape index (κ3) is 3.82. The first kappa shape index (κ1) is 14.6. The maximum atomic E-state index is 11.3. The molecular weight excluding hydrogens is 258 g/mol. The highest BCUT2D eigenvalue weighted by molar-refractivity contribution is 5.71. The van der Waals surface area contributed by atoms with Crippen LogP contribution in [0.2, 0.25) is 0 Å². The number of rotatable bonds is 6. The first-order valence-electron chi connectivity index (χ1n) is 7.16.